The van der Waals surface area contributed by atoms with Crippen molar-refractivity contribution in [3.8, 4) is 0 Å². The van der Waals surface area contributed by atoms with Gasteiger partial charge >= 0.3 is 0 Å². The number of Topliss-reactive ketones (excluding diaryl/α,β-unsaturated/α-hetero) is 1. The van der Waals surface area contributed by atoms with Crippen LogP contribution in [0, 0.1) is 0 Å². The Morgan fingerprint density at radius 3 is 2.43 bits per heavy atom. The van der Waals surface area contributed by atoms with E-state index < -0.39 is 0 Å². The Balaban J connectivity index is 1.31. The first-order valence-electron chi connectivity index (χ1n) is 9.44. The van der Waals surface area contributed by atoms with Gasteiger partial charge in [-0.3, -0.25) is 14.5 Å². The summed E-state index contributed by atoms with van der Waals surface area (Å²) < 4.78 is 0. The predicted octanol–water partition coefficient (Wildman–Crippen LogP) is 3.39. The van der Waals surface area contributed by atoms with Crippen molar-refractivity contribution < 1.29 is 9.59 Å². The molecular formula is C22H22ClN3O2. The molecule has 144 valence electrons. The van der Waals surface area contributed by atoms with Crippen LogP contribution in [0.1, 0.15) is 15.9 Å². The predicted molar refractivity (Wildman–Crippen MR) is 111 cm³/mol. The fourth-order valence-electron chi connectivity index (χ4n) is 3.63. The third-order valence-electron chi connectivity index (χ3n) is 5.25. The zero-order valence-corrected chi connectivity index (χ0v) is 16.3. The zero-order chi connectivity index (χ0) is 19.5. The van der Waals surface area contributed by atoms with Gasteiger partial charge in [-0.15, -0.1) is 0 Å². The van der Waals surface area contributed by atoms with Crippen LogP contribution < -0.4 is 0 Å². The van der Waals surface area contributed by atoms with Crippen LogP contribution in [0.4, 0.5) is 0 Å². The summed E-state index contributed by atoms with van der Waals surface area (Å²) in [6, 6.07) is 15.2. The number of hydrogen-bond acceptors (Lipinski definition) is 3. The molecule has 5 nitrogen and oxygen atoms in total. The average Bonchev–Trinajstić information content (AvgIpc) is 3.14. The molecular weight excluding hydrogens is 374 g/mol. The molecule has 1 aliphatic rings. The number of H-pyrrole nitrogens is 1. The Morgan fingerprint density at radius 1 is 0.964 bits per heavy atom. The quantitative estimate of drug-likeness (QED) is 0.674. The first-order chi connectivity index (χ1) is 13.6. The summed E-state index contributed by atoms with van der Waals surface area (Å²) in [6.07, 6.45) is 2.17. The highest BCUT2D eigenvalue weighted by molar-refractivity contribution is 6.30. The third-order valence-corrected chi connectivity index (χ3v) is 5.50. The van der Waals surface area contributed by atoms with Gasteiger partial charge in [-0.1, -0.05) is 41.9 Å². The number of fused-ring (bicyclic) bond motifs is 1. The fourth-order valence-corrected chi connectivity index (χ4v) is 3.76. The van der Waals surface area contributed by atoms with E-state index in [4.69, 9.17) is 11.6 Å². The van der Waals surface area contributed by atoms with Crippen LogP contribution in [0.5, 0.6) is 0 Å². The van der Waals surface area contributed by atoms with Crippen molar-refractivity contribution in [2.24, 2.45) is 0 Å². The number of hydrogen-bond donors (Lipinski definition) is 1. The summed E-state index contributed by atoms with van der Waals surface area (Å²) in [5, 5.41) is 1.63. The molecule has 0 unspecified atom stereocenters. The van der Waals surface area contributed by atoms with Crippen molar-refractivity contribution in [3.63, 3.8) is 0 Å². The second kappa shape index (κ2) is 8.17. The van der Waals surface area contributed by atoms with Crippen LogP contribution in [0.15, 0.2) is 54.7 Å². The number of carbonyl (C=O) groups excluding carboxylic acids is 2. The van der Waals surface area contributed by atoms with E-state index in [0.29, 0.717) is 44.2 Å². The van der Waals surface area contributed by atoms with E-state index in [1.54, 1.807) is 18.3 Å². The van der Waals surface area contributed by atoms with Crippen molar-refractivity contribution >= 4 is 34.2 Å². The molecule has 3 aromatic rings. The molecule has 4 rings (SSSR count). The number of benzene rings is 2. The van der Waals surface area contributed by atoms with E-state index >= 15 is 0 Å². The normalized spacial score (nSPS) is 15.1. The van der Waals surface area contributed by atoms with Crippen molar-refractivity contribution in [1.82, 2.24) is 14.8 Å². The fraction of sp³-hybridized carbons (Fsp3) is 0.273. The van der Waals surface area contributed by atoms with Crippen LogP contribution >= 0.6 is 11.6 Å². The van der Waals surface area contributed by atoms with E-state index in [2.05, 4.69) is 9.88 Å². The van der Waals surface area contributed by atoms with E-state index in [1.807, 2.05) is 41.3 Å². The second-order valence-corrected chi connectivity index (χ2v) is 7.57. The van der Waals surface area contributed by atoms with Crippen molar-refractivity contribution in [2.45, 2.75) is 6.42 Å². The first kappa shape index (κ1) is 18.7. The van der Waals surface area contributed by atoms with Gasteiger partial charge in [0.2, 0.25) is 5.91 Å². The monoisotopic (exact) mass is 395 g/mol. The Morgan fingerprint density at radius 2 is 1.68 bits per heavy atom. The molecule has 2 heterocycles. The van der Waals surface area contributed by atoms with E-state index in [9.17, 15) is 9.59 Å². The smallest absolute Gasteiger partial charge is 0.227 e. The maximum atomic E-state index is 12.7. The molecule has 1 N–H and O–H groups in total. The minimum atomic E-state index is 0.110. The molecule has 1 aromatic heterocycles. The van der Waals surface area contributed by atoms with E-state index in [-0.39, 0.29) is 11.7 Å². The number of aromatic nitrogens is 1. The molecule has 0 atom stereocenters. The van der Waals surface area contributed by atoms with Gasteiger partial charge < -0.3 is 9.88 Å². The Kier molecular flexibility index (Phi) is 5.46. The molecule has 2 aromatic carbocycles. The summed E-state index contributed by atoms with van der Waals surface area (Å²) >= 11 is 5.89. The van der Waals surface area contributed by atoms with Crippen molar-refractivity contribution in [3.05, 3.63) is 70.9 Å². The number of ketones is 1. The Labute approximate surface area is 168 Å². The standard InChI is InChI=1S/C22H22ClN3O2/c23-17-7-5-16(6-8-17)13-22(28)26-11-9-25(10-12-26)15-21(27)19-14-24-20-4-2-1-3-18(19)20/h1-8,14,24H,9-13,15H2. The highest BCUT2D eigenvalue weighted by Crippen LogP contribution is 2.19. The van der Waals surface area contributed by atoms with Gasteiger partial charge in [-0.25, -0.2) is 0 Å². The van der Waals surface area contributed by atoms with Gasteiger partial charge in [0.15, 0.2) is 5.78 Å². The number of piperazine rings is 1. The summed E-state index contributed by atoms with van der Waals surface area (Å²) in [5.74, 6) is 0.225. The van der Waals surface area contributed by atoms with Gasteiger partial charge in [0, 0.05) is 53.9 Å². The van der Waals surface area contributed by atoms with Crippen LogP contribution in [0.3, 0.4) is 0 Å². The second-order valence-electron chi connectivity index (χ2n) is 7.13. The number of halogens is 1. The van der Waals surface area contributed by atoms with Crippen LogP contribution in [0.25, 0.3) is 10.9 Å². The van der Waals surface area contributed by atoms with E-state index in [0.717, 1.165) is 22.0 Å². The summed E-state index contributed by atoms with van der Waals surface area (Å²) in [5.41, 5.74) is 2.67. The molecule has 28 heavy (non-hydrogen) atoms. The van der Waals surface area contributed by atoms with Gasteiger partial charge in [0.05, 0.1) is 13.0 Å². The minimum absolute atomic E-state index is 0.110. The van der Waals surface area contributed by atoms with Gasteiger partial charge in [0.1, 0.15) is 0 Å². The summed E-state index contributed by atoms with van der Waals surface area (Å²) in [7, 11) is 0. The lowest BCUT2D eigenvalue weighted by atomic mass is 10.1. The lowest BCUT2D eigenvalue weighted by Gasteiger charge is -2.34. The minimum Gasteiger partial charge on any atom is -0.360 e. The van der Waals surface area contributed by atoms with Gasteiger partial charge in [-0.05, 0) is 23.8 Å². The Hall–Kier alpha value is -2.63. The third kappa shape index (κ3) is 4.11. The molecule has 1 saturated heterocycles. The number of carbonyl (C=O) groups is 2. The van der Waals surface area contributed by atoms with Crippen LogP contribution in [-0.4, -0.2) is 59.2 Å². The van der Waals surface area contributed by atoms with Crippen LogP contribution in [0.2, 0.25) is 5.02 Å². The number of nitrogens with zero attached hydrogens (tertiary/aromatic N) is 2. The average molecular weight is 396 g/mol. The largest absolute Gasteiger partial charge is 0.360 e. The van der Waals surface area contributed by atoms with Gasteiger partial charge in [-0.2, -0.15) is 0 Å². The SMILES string of the molecule is O=C(CN1CCN(C(=O)Cc2ccc(Cl)cc2)CC1)c1c[nH]c2ccccc12. The summed E-state index contributed by atoms with van der Waals surface area (Å²) in [4.78, 5) is 32.4. The lowest BCUT2D eigenvalue weighted by Crippen LogP contribution is -2.50. The number of aromatic amines is 1. The molecule has 1 amide bonds. The van der Waals surface area contributed by atoms with E-state index in [1.165, 1.54) is 0 Å². The number of amides is 1. The lowest BCUT2D eigenvalue weighted by molar-refractivity contribution is -0.132. The highest BCUT2D eigenvalue weighted by Gasteiger charge is 2.23. The van der Waals surface area contributed by atoms with Crippen molar-refractivity contribution in [2.75, 3.05) is 32.7 Å². The highest BCUT2D eigenvalue weighted by atomic mass is 35.5. The zero-order valence-electron chi connectivity index (χ0n) is 15.5. The van der Waals surface area contributed by atoms with Crippen LogP contribution in [-0.2, 0) is 11.2 Å². The molecule has 0 radical (unpaired) electrons. The maximum Gasteiger partial charge on any atom is 0.227 e. The molecule has 6 heteroatoms. The molecule has 1 fully saturated rings. The number of rotatable bonds is 5. The molecule has 0 aliphatic carbocycles. The molecule has 1 aliphatic heterocycles. The number of para-hydroxylation sites is 1. The first-order valence-corrected chi connectivity index (χ1v) is 9.82. The Bertz CT molecular complexity index is 988. The maximum absolute atomic E-state index is 12.7. The molecule has 0 spiro atoms. The number of nitrogens with one attached hydrogen (secondary N) is 1. The topological polar surface area (TPSA) is 56.4 Å². The van der Waals surface area contributed by atoms with Crippen molar-refractivity contribution in [1.29, 1.82) is 0 Å². The summed E-state index contributed by atoms with van der Waals surface area (Å²) in [6.45, 7) is 3.09. The molecule has 0 bridgehead atoms. The van der Waals surface area contributed by atoms with Gasteiger partial charge in [0.25, 0.3) is 0 Å². The molecule has 0 saturated carbocycles.